The number of nitrogens with zero attached hydrogens (tertiary/aromatic N) is 4. The van der Waals surface area contributed by atoms with Gasteiger partial charge in [-0.15, -0.1) is 0 Å². The molecule has 0 saturated carbocycles. The molecule has 0 saturated heterocycles. The van der Waals surface area contributed by atoms with Gasteiger partial charge in [-0.3, -0.25) is 0 Å². The van der Waals surface area contributed by atoms with Crippen molar-refractivity contribution in [3.05, 3.63) is 34.9 Å². The fourth-order valence-corrected chi connectivity index (χ4v) is 3.50. The van der Waals surface area contributed by atoms with Gasteiger partial charge in [-0.05, 0) is 25.1 Å². The number of fused-ring (bicyclic) bond motifs is 1. The highest BCUT2D eigenvalue weighted by Crippen LogP contribution is 2.35. The summed E-state index contributed by atoms with van der Waals surface area (Å²) in [4.78, 5) is 9.12. The third kappa shape index (κ3) is 3.58. The average Bonchev–Trinajstić information content (AvgIpc) is 3.17. The molecular weight excluding hydrogens is 348 g/mol. The van der Waals surface area contributed by atoms with E-state index in [-0.39, 0.29) is 5.25 Å². The summed E-state index contributed by atoms with van der Waals surface area (Å²) in [6.45, 7) is 5.36. The lowest BCUT2D eigenvalue weighted by atomic mass is 10.3. The van der Waals surface area contributed by atoms with Crippen LogP contribution in [0.15, 0.2) is 27.9 Å². The van der Waals surface area contributed by atoms with Crippen LogP contribution in [0, 0.1) is 0 Å². The van der Waals surface area contributed by atoms with Gasteiger partial charge in [0.25, 0.3) is 0 Å². The normalized spacial score (nSPS) is 12.8. The molecule has 0 N–H and O–H groups in total. The summed E-state index contributed by atoms with van der Waals surface area (Å²) in [6.07, 6.45) is 0.756. The summed E-state index contributed by atoms with van der Waals surface area (Å²) in [6, 6.07) is 5.73. The molecule has 0 aliphatic heterocycles. The van der Waals surface area contributed by atoms with Gasteiger partial charge in [-0.1, -0.05) is 35.4 Å². The highest BCUT2D eigenvalue weighted by Gasteiger charge is 2.20. The minimum atomic E-state index is 0.00591. The summed E-state index contributed by atoms with van der Waals surface area (Å²) in [5.41, 5.74) is 1.90. The SMILES string of the molecule is CCc1noc(C(C)Sc2nc3cc(Cl)ccc3n2CCOC)n1. The number of imidazole rings is 1. The lowest BCUT2D eigenvalue weighted by molar-refractivity contribution is 0.186. The van der Waals surface area contributed by atoms with E-state index in [1.54, 1.807) is 18.9 Å². The molecule has 0 aliphatic rings. The van der Waals surface area contributed by atoms with Crippen LogP contribution in [0.4, 0.5) is 0 Å². The average molecular weight is 367 g/mol. The lowest BCUT2D eigenvalue weighted by Gasteiger charge is -2.10. The molecular formula is C16H19ClN4O2S. The van der Waals surface area contributed by atoms with E-state index >= 15 is 0 Å². The fraction of sp³-hybridized carbons (Fsp3) is 0.438. The third-order valence-electron chi connectivity index (χ3n) is 3.62. The minimum absolute atomic E-state index is 0.00591. The second-order valence-corrected chi connectivity index (χ2v) is 7.08. The quantitative estimate of drug-likeness (QED) is 0.585. The molecule has 3 rings (SSSR count). The Labute approximate surface area is 149 Å². The minimum Gasteiger partial charge on any atom is -0.383 e. The van der Waals surface area contributed by atoms with Crippen LogP contribution in [0.2, 0.25) is 5.02 Å². The van der Waals surface area contributed by atoms with Crippen LogP contribution >= 0.6 is 23.4 Å². The molecule has 1 atom stereocenters. The van der Waals surface area contributed by atoms with Crippen LogP contribution in [0.5, 0.6) is 0 Å². The molecule has 6 nitrogen and oxygen atoms in total. The van der Waals surface area contributed by atoms with Gasteiger partial charge in [0.15, 0.2) is 11.0 Å². The van der Waals surface area contributed by atoms with E-state index in [0.717, 1.165) is 28.4 Å². The first-order valence-corrected chi connectivity index (χ1v) is 9.02. The van der Waals surface area contributed by atoms with E-state index in [9.17, 15) is 0 Å². The number of ether oxygens (including phenoxy) is 1. The van der Waals surface area contributed by atoms with Gasteiger partial charge in [-0.25, -0.2) is 4.98 Å². The van der Waals surface area contributed by atoms with Gasteiger partial charge < -0.3 is 13.8 Å². The largest absolute Gasteiger partial charge is 0.383 e. The molecule has 1 unspecified atom stereocenters. The number of hydrogen-bond acceptors (Lipinski definition) is 6. The van der Waals surface area contributed by atoms with Crippen molar-refractivity contribution in [1.29, 1.82) is 0 Å². The zero-order chi connectivity index (χ0) is 17.1. The second kappa shape index (κ2) is 7.55. The van der Waals surface area contributed by atoms with Crippen molar-refractivity contribution >= 4 is 34.4 Å². The summed E-state index contributed by atoms with van der Waals surface area (Å²) in [7, 11) is 1.69. The monoisotopic (exact) mass is 366 g/mol. The smallest absolute Gasteiger partial charge is 0.239 e. The predicted octanol–water partition coefficient (Wildman–Crippen LogP) is 4.13. The van der Waals surface area contributed by atoms with Crippen molar-refractivity contribution in [1.82, 2.24) is 19.7 Å². The molecule has 2 heterocycles. The van der Waals surface area contributed by atoms with E-state index in [2.05, 4.69) is 14.7 Å². The van der Waals surface area contributed by atoms with E-state index in [1.807, 2.05) is 32.0 Å². The van der Waals surface area contributed by atoms with Gasteiger partial charge in [-0.2, -0.15) is 4.98 Å². The van der Waals surface area contributed by atoms with Crippen molar-refractivity contribution in [2.24, 2.45) is 0 Å². The Balaban J connectivity index is 1.91. The van der Waals surface area contributed by atoms with Crippen molar-refractivity contribution in [3.8, 4) is 0 Å². The topological polar surface area (TPSA) is 66.0 Å². The molecule has 0 bridgehead atoms. The van der Waals surface area contributed by atoms with Gasteiger partial charge in [0.2, 0.25) is 5.89 Å². The highest BCUT2D eigenvalue weighted by atomic mass is 35.5. The van der Waals surface area contributed by atoms with E-state index in [0.29, 0.717) is 24.1 Å². The van der Waals surface area contributed by atoms with E-state index < -0.39 is 0 Å². The van der Waals surface area contributed by atoms with Gasteiger partial charge in [0, 0.05) is 25.1 Å². The first-order valence-electron chi connectivity index (χ1n) is 7.76. The molecule has 0 fully saturated rings. The zero-order valence-corrected chi connectivity index (χ0v) is 15.4. The molecule has 2 aromatic heterocycles. The Hall–Kier alpha value is -1.57. The molecule has 0 amide bonds. The van der Waals surface area contributed by atoms with Crippen molar-refractivity contribution < 1.29 is 9.26 Å². The molecule has 8 heteroatoms. The van der Waals surface area contributed by atoms with Gasteiger partial charge in [0.1, 0.15) is 0 Å². The molecule has 0 spiro atoms. The van der Waals surface area contributed by atoms with Crippen LogP contribution in [-0.4, -0.2) is 33.4 Å². The maximum atomic E-state index is 6.09. The van der Waals surface area contributed by atoms with Gasteiger partial charge in [0.05, 0.1) is 22.9 Å². The summed E-state index contributed by atoms with van der Waals surface area (Å²) < 4.78 is 12.7. The molecule has 128 valence electrons. The second-order valence-electron chi connectivity index (χ2n) is 5.33. The van der Waals surface area contributed by atoms with E-state index in [1.165, 1.54) is 0 Å². The van der Waals surface area contributed by atoms with Crippen molar-refractivity contribution in [2.75, 3.05) is 13.7 Å². The highest BCUT2D eigenvalue weighted by molar-refractivity contribution is 7.99. The summed E-state index contributed by atoms with van der Waals surface area (Å²) in [5, 5.41) is 5.52. The lowest BCUT2D eigenvalue weighted by Crippen LogP contribution is -2.06. The number of rotatable bonds is 7. The van der Waals surface area contributed by atoms with Crippen LogP contribution in [0.25, 0.3) is 11.0 Å². The molecule has 0 aliphatic carbocycles. The fourth-order valence-electron chi connectivity index (χ4n) is 2.35. The Morgan fingerprint density at radius 2 is 2.21 bits per heavy atom. The Kier molecular flexibility index (Phi) is 5.43. The number of thioether (sulfide) groups is 1. The molecule has 24 heavy (non-hydrogen) atoms. The number of aromatic nitrogens is 4. The summed E-state index contributed by atoms with van der Waals surface area (Å²) in [5.74, 6) is 1.33. The van der Waals surface area contributed by atoms with Crippen LogP contribution < -0.4 is 0 Å². The van der Waals surface area contributed by atoms with Gasteiger partial charge >= 0.3 is 0 Å². The maximum Gasteiger partial charge on any atom is 0.239 e. The maximum absolute atomic E-state index is 6.09. The van der Waals surface area contributed by atoms with Crippen molar-refractivity contribution in [2.45, 2.75) is 37.2 Å². The number of hydrogen-bond donors (Lipinski definition) is 0. The predicted molar refractivity (Wildman–Crippen MR) is 94.6 cm³/mol. The van der Waals surface area contributed by atoms with Crippen LogP contribution in [-0.2, 0) is 17.7 Å². The zero-order valence-electron chi connectivity index (χ0n) is 13.8. The number of halogens is 1. The summed E-state index contributed by atoms with van der Waals surface area (Å²) >= 11 is 7.68. The Morgan fingerprint density at radius 1 is 1.38 bits per heavy atom. The molecule has 3 aromatic rings. The standard InChI is InChI=1S/C16H19ClN4O2S/c1-4-14-19-15(23-20-14)10(2)24-16-18-12-9-11(17)5-6-13(12)21(16)7-8-22-3/h5-6,9-10H,4,7-8H2,1-3H3. The number of benzene rings is 1. The molecule has 0 radical (unpaired) electrons. The third-order valence-corrected chi connectivity index (χ3v) is 4.94. The Morgan fingerprint density at radius 3 is 2.92 bits per heavy atom. The van der Waals surface area contributed by atoms with Crippen LogP contribution in [0.3, 0.4) is 0 Å². The van der Waals surface area contributed by atoms with Crippen LogP contribution in [0.1, 0.15) is 30.8 Å². The number of aryl methyl sites for hydroxylation is 1. The Bertz CT molecular complexity index is 833. The number of methoxy groups -OCH3 is 1. The van der Waals surface area contributed by atoms with Crippen molar-refractivity contribution in [3.63, 3.8) is 0 Å². The first-order chi connectivity index (χ1) is 11.6. The molecule has 1 aromatic carbocycles. The first kappa shape index (κ1) is 17.3. The van der Waals surface area contributed by atoms with E-state index in [4.69, 9.17) is 25.8 Å².